The summed E-state index contributed by atoms with van der Waals surface area (Å²) in [5.74, 6) is 0.107. The normalized spacial score (nSPS) is 15.4. The zero-order chi connectivity index (χ0) is 17.2. The summed E-state index contributed by atoms with van der Waals surface area (Å²) in [6, 6.07) is 12.8. The second kappa shape index (κ2) is 6.83. The minimum Gasteiger partial charge on any atom is -0.312 e. The number of sulfonamides is 1. The number of benzene rings is 2. The molecule has 5 nitrogen and oxygen atoms in total. The number of halogens is 1. The molecule has 1 saturated heterocycles. The summed E-state index contributed by atoms with van der Waals surface area (Å²) in [6.07, 6.45) is 2.47. The molecular weight excluding hydrogens is 348 g/mol. The van der Waals surface area contributed by atoms with E-state index in [9.17, 15) is 13.2 Å². The van der Waals surface area contributed by atoms with Crippen LogP contribution in [-0.2, 0) is 14.8 Å². The summed E-state index contributed by atoms with van der Waals surface area (Å²) >= 11 is 5.78. The maximum Gasteiger partial charge on any atom is 0.261 e. The first-order chi connectivity index (χ1) is 11.5. The van der Waals surface area contributed by atoms with Crippen LogP contribution < -0.4 is 9.62 Å². The van der Waals surface area contributed by atoms with Crippen LogP contribution in [0.3, 0.4) is 0 Å². The Morgan fingerprint density at radius 1 is 0.958 bits per heavy atom. The number of rotatable bonds is 4. The van der Waals surface area contributed by atoms with E-state index in [2.05, 4.69) is 4.72 Å². The van der Waals surface area contributed by atoms with Crippen LogP contribution in [0.5, 0.6) is 0 Å². The Labute approximate surface area is 146 Å². The van der Waals surface area contributed by atoms with Gasteiger partial charge in [-0.2, -0.15) is 0 Å². The first-order valence-corrected chi connectivity index (χ1v) is 9.51. The molecule has 0 bridgehead atoms. The smallest absolute Gasteiger partial charge is 0.261 e. The van der Waals surface area contributed by atoms with E-state index in [1.165, 1.54) is 24.3 Å². The third kappa shape index (κ3) is 3.71. The molecular formula is C17H17ClN2O3S. The molecule has 0 spiro atoms. The Morgan fingerprint density at radius 2 is 1.62 bits per heavy atom. The van der Waals surface area contributed by atoms with Gasteiger partial charge in [-0.15, -0.1) is 0 Å². The van der Waals surface area contributed by atoms with Crippen molar-refractivity contribution in [2.45, 2.75) is 24.2 Å². The highest BCUT2D eigenvalue weighted by Crippen LogP contribution is 2.24. The molecule has 24 heavy (non-hydrogen) atoms. The van der Waals surface area contributed by atoms with Crippen molar-refractivity contribution in [3.05, 3.63) is 53.6 Å². The first-order valence-electron chi connectivity index (χ1n) is 7.64. The zero-order valence-electron chi connectivity index (χ0n) is 12.9. The number of hydrogen-bond donors (Lipinski definition) is 1. The highest BCUT2D eigenvalue weighted by atomic mass is 35.5. The Kier molecular flexibility index (Phi) is 4.78. The fraction of sp³-hybridized carbons (Fsp3) is 0.235. The van der Waals surface area contributed by atoms with Crippen LogP contribution in [0, 0.1) is 0 Å². The summed E-state index contributed by atoms with van der Waals surface area (Å²) < 4.78 is 27.2. The Morgan fingerprint density at radius 3 is 2.25 bits per heavy atom. The number of anilines is 2. The molecule has 0 saturated carbocycles. The van der Waals surface area contributed by atoms with Gasteiger partial charge in [0.05, 0.1) is 4.90 Å². The lowest BCUT2D eigenvalue weighted by Crippen LogP contribution is -2.35. The van der Waals surface area contributed by atoms with Crippen molar-refractivity contribution in [3.63, 3.8) is 0 Å². The summed E-state index contributed by atoms with van der Waals surface area (Å²) in [4.78, 5) is 13.8. The largest absolute Gasteiger partial charge is 0.312 e. The molecule has 1 amide bonds. The SMILES string of the molecule is O=C1CCCCN1c1ccc(NS(=O)(=O)c2ccc(Cl)cc2)cc1. The Balaban J connectivity index is 1.76. The standard InChI is InChI=1S/C17H17ClN2O3S/c18-13-4-10-16(11-5-13)24(22,23)19-14-6-8-15(9-7-14)20-12-2-1-3-17(20)21/h4-11,19H,1-3,12H2. The molecule has 2 aromatic rings. The maximum atomic E-state index is 12.3. The molecule has 0 radical (unpaired) electrons. The molecule has 1 heterocycles. The molecule has 1 fully saturated rings. The van der Waals surface area contributed by atoms with E-state index in [1.54, 1.807) is 29.2 Å². The number of nitrogens with zero attached hydrogens (tertiary/aromatic N) is 1. The summed E-state index contributed by atoms with van der Waals surface area (Å²) in [6.45, 7) is 0.703. The lowest BCUT2D eigenvalue weighted by molar-refractivity contribution is -0.119. The van der Waals surface area contributed by atoms with E-state index in [0.717, 1.165) is 18.5 Å². The molecule has 1 aliphatic heterocycles. The van der Waals surface area contributed by atoms with Crippen LogP contribution in [0.15, 0.2) is 53.4 Å². The highest BCUT2D eigenvalue weighted by molar-refractivity contribution is 7.92. The summed E-state index contributed by atoms with van der Waals surface area (Å²) in [5.41, 5.74) is 1.23. The van der Waals surface area contributed by atoms with Crippen molar-refractivity contribution in [2.24, 2.45) is 0 Å². The van der Waals surface area contributed by atoms with Gasteiger partial charge in [0.15, 0.2) is 0 Å². The summed E-state index contributed by atoms with van der Waals surface area (Å²) in [7, 11) is -3.67. The average Bonchev–Trinajstić information content (AvgIpc) is 2.56. The van der Waals surface area contributed by atoms with Gasteiger partial charge in [-0.3, -0.25) is 9.52 Å². The summed E-state index contributed by atoms with van der Waals surface area (Å²) in [5, 5.41) is 0.476. The van der Waals surface area contributed by atoms with Crippen LogP contribution in [0.25, 0.3) is 0 Å². The van der Waals surface area contributed by atoms with Crippen molar-refractivity contribution in [3.8, 4) is 0 Å². The van der Waals surface area contributed by atoms with Gasteiger partial charge in [-0.25, -0.2) is 8.42 Å². The molecule has 126 valence electrons. The zero-order valence-corrected chi connectivity index (χ0v) is 14.5. The third-order valence-corrected chi connectivity index (χ3v) is 5.53. The van der Waals surface area contributed by atoms with E-state index in [0.29, 0.717) is 23.7 Å². The molecule has 3 rings (SSSR count). The van der Waals surface area contributed by atoms with Gasteiger partial charge in [-0.05, 0) is 61.4 Å². The number of carbonyl (C=O) groups excluding carboxylic acids is 1. The van der Waals surface area contributed by atoms with E-state index in [4.69, 9.17) is 11.6 Å². The predicted molar refractivity (Wildman–Crippen MR) is 94.9 cm³/mol. The highest BCUT2D eigenvalue weighted by Gasteiger charge is 2.20. The average molecular weight is 365 g/mol. The van der Waals surface area contributed by atoms with Crippen LogP contribution >= 0.6 is 11.6 Å². The van der Waals surface area contributed by atoms with Gasteiger partial charge in [-0.1, -0.05) is 11.6 Å². The van der Waals surface area contributed by atoms with E-state index in [1.807, 2.05) is 0 Å². The van der Waals surface area contributed by atoms with E-state index >= 15 is 0 Å². The number of amides is 1. The van der Waals surface area contributed by atoms with Crippen molar-refractivity contribution in [2.75, 3.05) is 16.2 Å². The van der Waals surface area contributed by atoms with E-state index in [-0.39, 0.29) is 10.8 Å². The second-order valence-electron chi connectivity index (χ2n) is 5.61. The Bertz CT molecular complexity index is 833. The quantitative estimate of drug-likeness (QED) is 0.900. The van der Waals surface area contributed by atoms with Gasteiger partial charge >= 0.3 is 0 Å². The number of carbonyl (C=O) groups is 1. The Hall–Kier alpha value is -2.05. The maximum absolute atomic E-state index is 12.3. The van der Waals surface area contributed by atoms with E-state index < -0.39 is 10.0 Å². The number of nitrogens with one attached hydrogen (secondary N) is 1. The molecule has 1 N–H and O–H groups in total. The van der Waals surface area contributed by atoms with Gasteiger partial charge in [0.1, 0.15) is 0 Å². The minimum atomic E-state index is -3.67. The van der Waals surface area contributed by atoms with Crippen LogP contribution in [0.1, 0.15) is 19.3 Å². The lowest BCUT2D eigenvalue weighted by Gasteiger charge is -2.26. The molecule has 0 unspecified atom stereocenters. The second-order valence-corrected chi connectivity index (χ2v) is 7.73. The van der Waals surface area contributed by atoms with Gasteiger partial charge in [0, 0.05) is 29.4 Å². The minimum absolute atomic E-state index is 0.107. The number of hydrogen-bond acceptors (Lipinski definition) is 3. The molecule has 1 aliphatic rings. The molecule has 7 heteroatoms. The van der Waals surface area contributed by atoms with Crippen LogP contribution in [-0.4, -0.2) is 20.9 Å². The third-order valence-electron chi connectivity index (χ3n) is 3.88. The monoisotopic (exact) mass is 364 g/mol. The number of piperidine rings is 1. The fourth-order valence-corrected chi connectivity index (χ4v) is 3.80. The molecule has 0 aliphatic carbocycles. The van der Waals surface area contributed by atoms with Crippen LogP contribution in [0.4, 0.5) is 11.4 Å². The van der Waals surface area contributed by atoms with Crippen molar-refractivity contribution in [1.82, 2.24) is 0 Å². The topological polar surface area (TPSA) is 66.5 Å². The first kappa shape index (κ1) is 16.8. The predicted octanol–water partition coefficient (Wildman–Crippen LogP) is 3.66. The van der Waals surface area contributed by atoms with Crippen molar-refractivity contribution < 1.29 is 13.2 Å². The fourth-order valence-electron chi connectivity index (χ4n) is 2.62. The molecule has 2 aromatic carbocycles. The van der Waals surface area contributed by atoms with Gasteiger partial charge in [0.2, 0.25) is 5.91 Å². The van der Waals surface area contributed by atoms with Crippen molar-refractivity contribution >= 4 is 38.9 Å². The van der Waals surface area contributed by atoms with Gasteiger partial charge < -0.3 is 4.90 Å². The van der Waals surface area contributed by atoms with Crippen molar-refractivity contribution in [1.29, 1.82) is 0 Å². The lowest BCUT2D eigenvalue weighted by atomic mass is 10.1. The van der Waals surface area contributed by atoms with Crippen LogP contribution in [0.2, 0.25) is 5.02 Å². The van der Waals surface area contributed by atoms with Gasteiger partial charge in [0.25, 0.3) is 10.0 Å². The molecule has 0 atom stereocenters. The molecule has 0 aromatic heterocycles.